The second-order valence-corrected chi connectivity index (χ2v) is 6.16. The third-order valence-corrected chi connectivity index (χ3v) is 3.96. The molecule has 0 aliphatic rings. The molecule has 7 heteroatoms. The fraction of sp³-hybridized carbons (Fsp3) is 0.227. The zero-order valence-electron chi connectivity index (χ0n) is 15.9. The molecule has 1 aromatic heterocycles. The van der Waals surface area contributed by atoms with E-state index < -0.39 is 5.97 Å². The molecule has 2 aromatic carbocycles. The van der Waals surface area contributed by atoms with Crippen molar-refractivity contribution in [3.05, 3.63) is 72.8 Å². The summed E-state index contributed by atoms with van der Waals surface area (Å²) in [5.41, 5.74) is 0.918. The van der Waals surface area contributed by atoms with Crippen molar-refractivity contribution in [1.82, 2.24) is 10.3 Å². The van der Waals surface area contributed by atoms with E-state index in [-0.39, 0.29) is 18.9 Å². The van der Waals surface area contributed by atoms with Gasteiger partial charge in [0.15, 0.2) is 18.3 Å². The topological polar surface area (TPSA) is 90.7 Å². The maximum absolute atomic E-state index is 11.8. The summed E-state index contributed by atoms with van der Waals surface area (Å²) < 4.78 is 16.1. The number of para-hydroxylation sites is 1. The Bertz CT molecular complexity index is 909. The number of hydrogen-bond acceptors (Lipinski definition) is 6. The van der Waals surface area contributed by atoms with Crippen LogP contribution >= 0.6 is 0 Å². The molecule has 1 N–H and O–H groups in total. The Morgan fingerprint density at radius 1 is 1.00 bits per heavy atom. The van der Waals surface area contributed by atoms with E-state index in [2.05, 4.69) is 10.3 Å². The van der Waals surface area contributed by atoms with Crippen molar-refractivity contribution in [2.24, 2.45) is 0 Å². The maximum atomic E-state index is 11.8. The van der Waals surface area contributed by atoms with Gasteiger partial charge in [0.25, 0.3) is 5.91 Å². The minimum atomic E-state index is -0.486. The molecule has 0 saturated heterocycles. The summed E-state index contributed by atoms with van der Waals surface area (Å²) in [5.74, 6) is 0.960. The Morgan fingerprint density at radius 3 is 2.48 bits per heavy atom. The quantitative estimate of drug-likeness (QED) is 0.420. The monoisotopic (exact) mass is 394 g/mol. The Morgan fingerprint density at radius 2 is 1.72 bits per heavy atom. The largest absolute Gasteiger partial charge is 0.492 e. The molecule has 0 radical (unpaired) electrons. The summed E-state index contributed by atoms with van der Waals surface area (Å²) in [6.45, 7) is 0.326. The van der Waals surface area contributed by atoms with Gasteiger partial charge in [-0.05, 0) is 12.1 Å². The van der Waals surface area contributed by atoms with Crippen molar-refractivity contribution in [3.63, 3.8) is 0 Å². The first kappa shape index (κ1) is 20.1. The van der Waals surface area contributed by atoms with Crippen molar-refractivity contribution in [1.29, 1.82) is 0 Å². The van der Waals surface area contributed by atoms with Gasteiger partial charge in [0.05, 0.1) is 19.2 Å². The second-order valence-electron chi connectivity index (χ2n) is 6.16. The normalized spacial score (nSPS) is 10.3. The van der Waals surface area contributed by atoms with Gasteiger partial charge >= 0.3 is 5.97 Å². The molecular weight excluding hydrogens is 372 g/mol. The molecule has 29 heavy (non-hydrogen) atoms. The van der Waals surface area contributed by atoms with Crippen LogP contribution in [0.15, 0.2) is 71.3 Å². The van der Waals surface area contributed by atoms with Gasteiger partial charge < -0.3 is 19.2 Å². The Hall–Kier alpha value is -3.61. The van der Waals surface area contributed by atoms with Crippen molar-refractivity contribution in [2.45, 2.75) is 12.8 Å². The van der Waals surface area contributed by atoms with Crippen LogP contribution in [0, 0.1) is 0 Å². The van der Waals surface area contributed by atoms with Crippen LogP contribution in [0.5, 0.6) is 5.75 Å². The van der Waals surface area contributed by atoms with Gasteiger partial charge in [0.2, 0.25) is 0 Å². The fourth-order valence-corrected chi connectivity index (χ4v) is 2.52. The molecule has 0 fully saturated rings. The summed E-state index contributed by atoms with van der Waals surface area (Å²) in [4.78, 5) is 27.7. The number of aromatic nitrogens is 1. The molecule has 0 atom stereocenters. The van der Waals surface area contributed by atoms with Crippen molar-refractivity contribution in [2.75, 3.05) is 19.8 Å². The third-order valence-electron chi connectivity index (χ3n) is 3.96. The highest BCUT2D eigenvalue weighted by Gasteiger charge is 2.11. The summed E-state index contributed by atoms with van der Waals surface area (Å²) in [5, 5.41) is 2.63. The highest BCUT2D eigenvalue weighted by Crippen LogP contribution is 2.20. The molecule has 150 valence electrons. The van der Waals surface area contributed by atoms with Gasteiger partial charge in [-0.2, -0.15) is 0 Å². The third kappa shape index (κ3) is 6.80. The second kappa shape index (κ2) is 10.7. The smallest absolute Gasteiger partial charge is 0.306 e. The molecule has 1 amide bonds. The zero-order valence-corrected chi connectivity index (χ0v) is 15.9. The summed E-state index contributed by atoms with van der Waals surface area (Å²) in [6.07, 6.45) is 2.01. The number of hydrogen-bond donors (Lipinski definition) is 1. The van der Waals surface area contributed by atoms with E-state index in [0.29, 0.717) is 31.2 Å². The molecule has 0 spiro atoms. The van der Waals surface area contributed by atoms with E-state index in [1.54, 1.807) is 6.20 Å². The molecule has 3 rings (SSSR count). The predicted molar refractivity (Wildman–Crippen MR) is 106 cm³/mol. The van der Waals surface area contributed by atoms with E-state index in [4.69, 9.17) is 13.9 Å². The van der Waals surface area contributed by atoms with E-state index in [1.807, 2.05) is 60.7 Å². The van der Waals surface area contributed by atoms with Crippen molar-refractivity contribution >= 4 is 11.9 Å². The predicted octanol–water partition coefficient (Wildman–Crippen LogP) is 3.01. The Kier molecular flexibility index (Phi) is 7.40. The van der Waals surface area contributed by atoms with E-state index in [9.17, 15) is 9.59 Å². The van der Waals surface area contributed by atoms with Gasteiger partial charge in [-0.3, -0.25) is 9.59 Å². The van der Waals surface area contributed by atoms with Crippen molar-refractivity contribution < 1.29 is 23.5 Å². The number of aryl methyl sites for hydroxylation is 1. The number of benzene rings is 2. The van der Waals surface area contributed by atoms with Gasteiger partial charge in [0.1, 0.15) is 12.4 Å². The molecule has 0 aliphatic carbocycles. The maximum Gasteiger partial charge on any atom is 0.306 e. The standard InChI is InChI=1S/C22H22N2O5/c25-20(23-13-14-27-18-9-5-2-6-10-18)16-28-22(26)12-11-21-24-15-19(29-21)17-7-3-1-4-8-17/h1-10,15H,11-14,16H2,(H,23,25). The first-order valence-corrected chi connectivity index (χ1v) is 9.31. The van der Waals surface area contributed by atoms with E-state index in [1.165, 1.54) is 0 Å². The number of nitrogens with one attached hydrogen (secondary N) is 1. The van der Waals surface area contributed by atoms with Crippen molar-refractivity contribution in [3.8, 4) is 17.1 Å². The van der Waals surface area contributed by atoms with Crippen LogP contribution in [-0.4, -0.2) is 36.6 Å². The van der Waals surface area contributed by atoms with Crippen LogP contribution in [0.25, 0.3) is 11.3 Å². The zero-order chi connectivity index (χ0) is 20.3. The van der Waals surface area contributed by atoms with Crippen LogP contribution in [0.1, 0.15) is 12.3 Å². The van der Waals surface area contributed by atoms with Gasteiger partial charge in [-0.15, -0.1) is 0 Å². The number of rotatable bonds is 10. The molecule has 7 nitrogen and oxygen atoms in total. The molecule has 0 aliphatic heterocycles. The first-order chi connectivity index (χ1) is 14.2. The number of carbonyl (C=O) groups excluding carboxylic acids is 2. The van der Waals surface area contributed by atoms with Gasteiger partial charge in [0, 0.05) is 12.0 Å². The number of nitrogens with zero attached hydrogens (tertiary/aromatic N) is 1. The Labute approximate surface area is 168 Å². The molecular formula is C22H22N2O5. The number of ether oxygens (including phenoxy) is 2. The average molecular weight is 394 g/mol. The molecule has 0 unspecified atom stereocenters. The van der Waals surface area contributed by atoms with Gasteiger partial charge in [-0.1, -0.05) is 48.5 Å². The minimum Gasteiger partial charge on any atom is -0.492 e. The summed E-state index contributed by atoms with van der Waals surface area (Å²) >= 11 is 0. The number of amides is 1. The van der Waals surface area contributed by atoms with Gasteiger partial charge in [-0.25, -0.2) is 4.98 Å². The Balaban J connectivity index is 1.30. The lowest BCUT2D eigenvalue weighted by Gasteiger charge is -2.08. The first-order valence-electron chi connectivity index (χ1n) is 9.31. The molecule has 0 saturated carbocycles. The highest BCUT2D eigenvalue weighted by molar-refractivity contribution is 5.80. The van der Waals surface area contributed by atoms with Crippen LogP contribution in [0.3, 0.4) is 0 Å². The van der Waals surface area contributed by atoms with Crippen LogP contribution in [0.2, 0.25) is 0 Å². The average Bonchev–Trinajstić information content (AvgIpc) is 3.24. The molecule has 0 bridgehead atoms. The highest BCUT2D eigenvalue weighted by atomic mass is 16.5. The van der Waals surface area contributed by atoms with E-state index in [0.717, 1.165) is 11.3 Å². The summed E-state index contributed by atoms with van der Waals surface area (Å²) in [7, 11) is 0. The van der Waals surface area contributed by atoms with Crippen LogP contribution in [0.4, 0.5) is 0 Å². The lowest BCUT2D eigenvalue weighted by atomic mass is 10.2. The van der Waals surface area contributed by atoms with Crippen LogP contribution in [-0.2, 0) is 20.7 Å². The minimum absolute atomic E-state index is 0.0825. The molecule has 1 heterocycles. The summed E-state index contributed by atoms with van der Waals surface area (Å²) in [6, 6.07) is 18.9. The van der Waals surface area contributed by atoms with E-state index >= 15 is 0 Å². The fourth-order valence-electron chi connectivity index (χ4n) is 2.52. The number of esters is 1. The number of oxazole rings is 1. The SMILES string of the molecule is O=C(COC(=O)CCc1ncc(-c2ccccc2)o1)NCCOc1ccccc1. The lowest BCUT2D eigenvalue weighted by Crippen LogP contribution is -2.32. The molecule has 3 aromatic rings. The van der Waals surface area contributed by atoms with Crippen LogP contribution < -0.4 is 10.1 Å². The number of carbonyl (C=O) groups is 2. The lowest BCUT2D eigenvalue weighted by molar-refractivity contribution is -0.148.